The van der Waals surface area contributed by atoms with Gasteiger partial charge in [-0.1, -0.05) is 0 Å². The lowest BCUT2D eigenvalue weighted by Crippen LogP contribution is -3.00. The lowest BCUT2D eigenvalue weighted by Gasteiger charge is -2.37. The number of anilines is 1. The normalized spacial score (nSPS) is 14.7. The van der Waals surface area contributed by atoms with Crippen molar-refractivity contribution < 1.29 is 46.7 Å². The number of alkyl halides is 3. The second-order valence-electron chi connectivity index (χ2n) is 9.55. The summed E-state index contributed by atoms with van der Waals surface area (Å²) in [7, 11) is 3.83. The Morgan fingerprint density at radius 2 is 1.71 bits per heavy atom. The second kappa shape index (κ2) is 10.1. The molecule has 0 N–H and O–H groups in total. The number of benzene rings is 2. The van der Waals surface area contributed by atoms with Crippen molar-refractivity contribution in [1.82, 2.24) is 14.5 Å². The fourth-order valence-electron chi connectivity index (χ4n) is 3.85. The van der Waals surface area contributed by atoms with Crippen LogP contribution < -0.4 is 38.8 Å². The van der Waals surface area contributed by atoms with Crippen LogP contribution in [-0.2, 0) is 10.9 Å². The van der Waals surface area contributed by atoms with Crippen LogP contribution in [0.3, 0.4) is 0 Å². The van der Waals surface area contributed by atoms with Gasteiger partial charge < -0.3 is 38.5 Å². The number of rotatable bonds is 1. The molecule has 2 heterocycles. The quantitative estimate of drug-likeness (QED) is 0.235. The highest BCUT2D eigenvalue weighted by atomic mass is 127. The Hall–Kier alpha value is -2.15. The predicted octanol–water partition coefficient (Wildman–Crippen LogP) is 1.51. The summed E-state index contributed by atoms with van der Waals surface area (Å²) >= 11 is 1.30. The number of nitrogens with zero attached hydrogens (tertiary/aromatic N) is 4. The molecule has 190 valence electrons. The van der Waals surface area contributed by atoms with Crippen molar-refractivity contribution in [2.24, 2.45) is 0 Å². The standard InChI is InChI=1S/C24H28F3N4O2S.HI/c1-23(2,3)33-22(32)31-10-8-30(9-11-31)16-12-17(24(25,26)27)21-20(14-16)34-19-13-15(29(4)5)6-7-18(19)28-21;/h6-7,12-14H,8-11H2,1-5H3;1H/q+1;/p-1. The van der Waals surface area contributed by atoms with Crippen LogP contribution in [0.4, 0.5) is 23.7 Å². The number of amides is 1. The molecular formula is C24H28F3IN4O2S. The van der Waals surface area contributed by atoms with Gasteiger partial charge in [0.1, 0.15) is 19.7 Å². The molecule has 1 aromatic rings. The zero-order valence-electron chi connectivity index (χ0n) is 20.2. The van der Waals surface area contributed by atoms with Gasteiger partial charge in [-0.2, -0.15) is 13.2 Å². The summed E-state index contributed by atoms with van der Waals surface area (Å²) in [6.07, 6.45) is -4.94. The fourth-order valence-corrected chi connectivity index (χ4v) is 4.92. The SMILES string of the molecule is C[N+](C)=c1ccc2nc3c(C(F)(F)F)cc(N4CCN(C(=O)OC(C)(C)C)CC4)cc3sc-2c1.[I-]. The number of carbonyl (C=O) groups is 1. The van der Waals surface area contributed by atoms with E-state index in [0.29, 0.717) is 42.3 Å². The molecule has 1 amide bonds. The van der Waals surface area contributed by atoms with Gasteiger partial charge in [-0.25, -0.2) is 14.4 Å². The number of fused-ring (bicyclic) bond motifs is 2. The maximum Gasteiger partial charge on any atom is 0.418 e. The van der Waals surface area contributed by atoms with Gasteiger partial charge in [0.2, 0.25) is 5.36 Å². The van der Waals surface area contributed by atoms with Crippen molar-refractivity contribution in [2.45, 2.75) is 32.5 Å². The summed E-state index contributed by atoms with van der Waals surface area (Å²) in [6, 6.07) is 8.48. The van der Waals surface area contributed by atoms with E-state index in [2.05, 4.69) is 4.98 Å². The summed E-state index contributed by atoms with van der Waals surface area (Å²) in [4.78, 5) is 21.0. The summed E-state index contributed by atoms with van der Waals surface area (Å²) in [5, 5.41) is 0.954. The van der Waals surface area contributed by atoms with Crippen LogP contribution >= 0.6 is 11.3 Å². The summed E-state index contributed by atoms with van der Waals surface area (Å²) in [5.74, 6) is 0. The van der Waals surface area contributed by atoms with Crippen LogP contribution in [0, 0.1) is 0 Å². The van der Waals surface area contributed by atoms with Crippen LogP contribution in [-0.4, -0.2) is 61.9 Å². The Bertz CT molecular complexity index is 1270. The van der Waals surface area contributed by atoms with Crippen LogP contribution in [0.15, 0.2) is 30.3 Å². The fraction of sp³-hybridized carbons (Fsp3) is 0.458. The molecule has 35 heavy (non-hydrogen) atoms. The Balaban J connectivity index is 0.00000342. The molecule has 2 aliphatic heterocycles. The Morgan fingerprint density at radius 1 is 1.06 bits per heavy atom. The zero-order valence-corrected chi connectivity index (χ0v) is 23.2. The van der Waals surface area contributed by atoms with Gasteiger partial charge in [-0.3, -0.25) is 0 Å². The number of hydrogen-bond acceptors (Lipinski definition) is 5. The van der Waals surface area contributed by atoms with Crippen molar-refractivity contribution >= 4 is 33.3 Å². The number of carbonyl (C=O) groups excluding carboxylic acids is 1. The molecular weight excluding hydrogens is 592 g/mol. The molecule has 0 bridgehead atoms. The molecule has 1 fully saturated rings. The number of hydrogen-bond donors (Lipinski definition) is 0. The number of aromatic nitrogens is 1. The van der Waals surface area contributed by atoms with Gasteiger partial charge in [0.15, 0.2) is 0 Å². The van der Waals surface area contributed by atoms with Gasteiger partial charge in [0.25, 0.3) is 0 Å². The maximum absolute atomic E-state index is 14.0. The molecule has 0 spiro atoms. The molecule has 1 aliphatic carbocycles. The number of ether oxygens (including phenoxy) is 1. The van der Waals surface area contributed by atoms with Crippen LogP contribution in [0.5, 0.6) is 0 Å². The molecule has 4 rings (SSSR count). The maximum atomic E-state index is 14.0. The zero-order chi connectivity index (χ0) is 24.8. The molecule has 3 aliphatic rings. The van der Waals surface area contributed by atoms with E-state index in [9.17, 15) is 18.0 Å². The highest BCUT2D eigenvalue weighted by molar-refractivity contribution is 7.21. The van der Waals surface area contributed by atoms with Crippen molar-refractivity contribution in [2.75, 3.05) is 45.2 Å². The summed E-state index contributed by atoms with van der Waals surface area (Å²) < 4.78 is 49.9. The third-order valence-electron chi connectivity index (χ3n) is 5.57. The monoisotopic (exact) mass is 620 g/mol. The van der Waals surface area contributed by atoms with Gasteiger partial charge >= 0.3 is 12.3 Å². The van der Waals surface area contributed by atoms with E-state index in [1.54, 1.807) is 37.8 Å². The largest absolute Gasteiger partial charge is 1.00 e. The average Bonchev–Trinajstić information content (AvgIpc) is 2.74. The van der Waals surface area contributed by atoms with Crippen molar-refractivity contribution in [1.29, 1.82) is 0 Å². The molecule has 1 saturated heterocycles. The van der Waals surface area contributed by atoms with Crippen molar-refractivity contribution in [3.63, 3.8) is 0 Å². The minimum atomic E-state index is -4.54. The third-order valence-corrected chi connectivity index (χ3v) is 6.65. The molecule has 0 saturated carbocycles. The minimum Gasteiger partial charge on any atom is -1.00 e. The lowest BCUT2D eigenvalue weighted by molar-refractivity contribution is -0.136. The molecule has 6 nitrogen and oxygen atoms in total. The highest BCUT2D eigenvalue weighted by Crippen LogP contribution is 2.41. The number of piperazine rings is 1. The van der Waals surface area contributed by atoms with E-state index in [0.717, 1.165) is 10.2 Å². The second-order valence-corrected chi connectivity index (χ2v) is 10.6. The predicted molar refractivity (Wildman–Crippen MR) is 128 cm³/mol. The molecule has 0 atom stereocenters. The first-order chi connectivity index (χ1) is 15.8. The van der Waals surface area contributed by atoms with Gasteiger partial charge in [0.05, 0.1) is 26.4 Å². The highest BCUT2D eigenvalue weighted by Gasteiger charge is 2.35. The first-order valence-electron chi connectivity index (χ1n) is 11.0. The Labute approximate surface area is 223 Å². The van der Waals surface area contributed by atoms with E-state index in [-0.39, 0.29) is 29.5 Å². The summed E-state index contributed by atoms with van der Waals surface area (Å²) in [6.45, 7) is 6.98. The van der Waals surface area contributed by atoms with E-state index < -0.39 is 23.4 Å². The first kappa shape index (κ1) is 27.4. The molecule has 1 aromatic carbocycles. The smallest absolute Gasteiger partial charge is 0.418 e. The third kappa shape index (κ3) is 6.16. The lowest BCUT2D eigenvalue weighted by atomic mass is 10.1. The molecule has 0 aromatic heterocycles. The Kier molecular flexibility index (Phi) is 7.90. The van der Waals surface area contributed by atoms with E-state index >= 15 is 0 Å². The van der Waals surface area contributed by atoms with Crippen LogP contribution in [0.2, 0.25) is 0 Å². The average molecular weight is 620 g/mol. The van der Waals surface area contributed by atoms with E-state index in [4.69, 9.17) is 4.74 Å². The topological polar surface area (TPSA) is 48.7 Å². The van der Waals surface area contributed by atoms with Crippen LogP contribution in [0.25, 0.3) is 20.8 Å². The van der Waals surface area contributed by atoms with Gasteiger partial charge in [0, 0.05) is 44.0 Å². The molecule has 0 radical (unpaired) electrons. The molecule has 11 heteroatoms. The van der Waals surface area contributed by atoms with Gasteiger partial charge in [-0.05, 0) is 39.0 Å². The molecule has 0 unspecified atom stereocenters. The summed E-state index contributed by atoms with van der Waals surface area (Å²) in [5.41, 5.74) is -0.377. The number of halogens is 4. The van der Waals surface area contributed by atoms with E-state index in [1.165, 1.54) is 17.4 Å². The Morgan fingerprint density at radius 3 is 2.29 bits per heavy atom. The minimum absolute atomic E-state index is 0. The van der Waals surface area contributed by atoms with Gasteiger partial charge in [-0.15, -0.1) is 11.3 Å². The first-order valence-corrected chi connectivity index (χ1v) is 11.8. The van der Waals surface area contributed by atoms with Crippen molar-refractivity contribution in [3.05, 3.63) is 41.3 Å². The van der Waals surface area contributed by atoms with E-state index in [1.807, 2.05) is 35.7 Å². The van der Waals surface area contributed by atoms with Crippen LogP contribution in [0.1, 0.15) is 26.3 Å². The van der Waals surface area contributed by atoms with Crippen molar-refractivity contribution in [3.8, 4) is 10.6 Å².